The van der Waals surface area contributed by atoms with Crippen LogP contribution in [0.1, 0.15) is 44.9 Å². The van der Waals surface area contributed by atoms with Gasteiger partial charge in [-0.2, -0.15) is 0 Å². The molecule has 0 aromatic carbocycles. The maximum atomic E-state index is 5.43. The first-order chi connectivity index (χ1) is 8.41. The molecule has 0 fully saturated rings. The summed E-state index contributed by atoms with van der Waals surface area (Å²) in [5.41, 5.74) is 5.43. The average Bonchev–Trinajstić information content (AvgIpc) is 2.35. The van der Waals surface area contributed by atoms with E-state index in [-0.39, 0.29) is 0 Å². The molecule has 0 radical (unpaired) electrons. The number of hydrogen-bond donors (Lipinski definition) is 1. The molecule has 0 atom stereocenters. The first kappa shape index (κ1) is 15.9. The summed E-state index contributed by atoms with van der Waals surface area (Å²) in [5.74, 6) is 0. The minimum absolute atomic E-state index is 0.825. The van der Waals surface area contributed by atoms with Gasteiger partial charge in [0.25, 0.3) is 0 Å². The van der Waals surface area contributed by atoms with Crippen molar-refractivity contribution in [3.05, 3.63) is 49.1 Å². The Morgan fingerprint density at radius 3 is 1.88 bits per heavy atom. The molecule has 0 aromatic heterocycles. The van der Waals surface area contributed by atoms with Crippen LogP contribution in [0, 0.1) is 0 Å². The van der Waals surface area contributed by atoms with Crippen molar-refractivity contribution < 1.29 is 0 Å². The van der Waals surface area contributed by atoms with E-state index in [1.807, 2.05) is 6.08 Å². The topological polar surface area (TPSA) is 26.0 Å². The average molecular weight is 233 g/mol. The number of nitrogens with two attached hydrogens (primary N) is 1. The van der Waals surface area contributed by atoms with Crippen LogP contribution in [0.5, 0.6) is 0 Å². The normalized spacial score (nSPS) is 12.1. The van der Waals surface area contributed by atoms with E-state index in [1.54, 1.807) is 0 Å². The highest BCUT2D eigenvalue weighted by molar-refractivity contribution is 4.98. The molecular weight excluding hydrogens is 206 g/mol. The number of unbranched alkanes of at least 4 members (excludes halogenated alkanes) is 3. The highest BCUT2D eigenvalue weighted by Crippen LogP contribution is 2.00. The van der Waals surface area contributed by atoms with Crippen molar-refractivity contribution >= 4 is 0 Å². The number of hydrogen-bond acceptors (Lipinski definition) is 1. The van der Waals surface area contributed by atoms with E-state index in [4.69, 9.17) is 5.73 Å². The molecule has 0 amide bonds. The Bertz CT molecular complexity index is 236. The Morgan fingerprint density at radius 2 is 1.29 bits per heavy atom. The van der Waals surface area contributed by atoms with Gasteiger partial charge < -0.3 is 5.73 Å². The quantitative estimate of drug-likeness (QED) is 0.412. The van der Waals surface area contributed by atoms with Crippen LogP contribution in [0.2, 0.25) is 0 Å². The van der Waals surface area contributed by atoms with Crippen molar-refractivity contribution in [1.29, 1.82) is 0 Å². The molecule has 17 heavy (non-hydrogen) atoms. The van der Waals surface area contributed by atoms with Crippen molar-refractivity contribution in [2.45, 2.75) is 44.9 Å². The Balaban J connectivity index is 3.27. The first-order valence-corrected chi connectivity index (χ1v) is 6.67. The second-order valence-corrected chi connectivity index (χ2v) is 4.05. The largest absolute Gasteiger partial charge is 0.330 e. The highest BCUT2D eigenvalue weighted by Gasteiger charge is 1.83. The Morgan fingerprint density at radius 1 is 0.706 bits per heavy atom. The monoisotopic (exact) mass is 233 g/mol. The highest BCUT2D eigenvalue weighted by atomic mass is 14.5. The van der Waals surface area contributed by atoms with Crippen LogP contribution in [0.4, 0.5) is 0 Å². The SMILES string of the molecule is C=CC/C=C/C/C=C/C/C=C/CCCCCN. The smallest absolute Gasteiger partial charge is 0.00773 e. The van der Waals surface area contributed by atoms with E-state index >= 15 is 0 Å². The van der Waals surface area contributed by atoms with Gasteiger partial charge in [-0.25, -0.2) is 0 Å². The summed E-state index contributed by atoms with van der Waals surface area (Å²) in [6.07, 6.45) is 23.1. The molecule has 1 heteroatoms. The molecule has 1 nitrogen and oxygen atoms in total. The fourth-order valence-corrected chi connectivity index (χ4v) is 1.44. The fourth-order valence-electron chi connectivity index (χ4n) is 1.44. The molecule has 0 aliphatic carbocycles. The zero-order valence-corrected chi connectivity index (χ0v) is 11.0. The predicted octanol–water partition coefficient (Wildman–Crippen LogP) is 4.53. The summed E-state index contributed by atoms with van der Waals surface area (Å²) in [6, 6.07) is 0. The Labute approximate surface area is 107 Å². The Kier molecular flexibility index (Phi) is 14.0. The van der Waals surface area contributed by atoms with Gasteiger partial charge in [0.2, 0.25) is 0 Å². The van der Waals surface area contributed by atoms with Crippen LogP contribution < -0.4 is 5.73 Å². The molecular formula is C16H27N. The second kappa shape index (κ2) is 14.9. The van der Waals surface area contributed by atoms with Gasteiger partial charge in [-0.3, -0.25) is 0 Å². The van der Waals surface area contributed by atoms with E-state index in [1.165, 1.54) is 19.3 Å². The molecule has 0 aliphatic rings. The first-order valence-electron chi connectivity index (χ1n) is 6.67. The van der Waals surface area contributed by atoms with Gasteiger partial charge in [-0.05, 0) is 45.1 Å². The summed E-state index contributed by atoms with van der Waals surface area (Å²) in [5, 5.41) is 0. The van der Waals surface area contributed by atoms with Crippen molar-refractivity contribution in [3.8, 4) is 0 Å². The van der Waals surface area contributed by atoms with Gasteiger partial charge in [0.05, 0.1) is 0 Å². The van der Waals surface area contributed by atoms with Gasteiger partial charge in [0.1, 0.15) is 0 Å². The second-order valence-electron chi connectivity index (χ2n) is 4.05. The maximum absolute atomic E-state index is 5.43. The lowest BCUT2D eigenvalue weighted by atomic mass is 10.2. The van der Waals surface area contributed by atoms with Crippen molar-refractivity contribution in [2.24, 2.45) is 5.73 Å². The summed E-state index contributed by atoms with van der Waals surface area (Å²) in [6.45, 7) is 4.49. The van der Waals surface area contributed by atoms with Gasteiger partial charge >= 0.3 is 0 Å². The van der Waals surface area contributed by atoms with Gasteiger partial charge in [-0.15, -0.1) is 6.58 Å². The summed E-state index contributed by atoms with van der Waals surface area (Å²) >= 11 is 0. The molecule has 0 saturated heterocycles. The van der Waals surface area contributed by atoms with Crippen LogP contribution in [0.3, 0.4) is 0 Å². The zero-order chi connectivity index (χ0) is 12.6. The summed E-state index contributed by atoms with van der Waals surface area (Å²) in [4.78, 5) is 0. The standard InChI is InChI=1S/C16H27N/c1-2-3-4-5-6-7-8-9-10-11-12-13-14-15-16-17/h2,4-5,7-8,10-11H,1,3,6,9,12-17H2/b5-4+,8-7+,11-10+. The summed E-state index contributed by atoms with van der Waals surface area (Å²) in [7, 11) is 0. The third-order valence-electron chi connectivity index (χ3n) is 2.42. The molecule has 0 aromatic rings. The minimum atomic E-state index is 0.825. The third-order valence-corrected chi connectivity index (χ3v) is 2.42. The zero-order valence-electron chi connectivity index (χ0n) is 11.0. The minimum Gasteiger partial charge on any atom is -0.330 e. The lowest BCUT2D eigenvalue weighted by Gasteiger charge is -1.93. The predicted molar refractivity (Wildman–Crippen MR) is 79.0 cm³/mol. The van der Waals surface area contributed by atoms with E-state index in [0.717, 1.165) is 32.2 Å². The van der Waals surface area contributed by atoms with E-state index < -0.39 is 0 Å². The molecule has 0 bridgehead atoms. The van der Waals surface area contributed by atoms with Crippen molar-refractivity contribution in [2.75, 3.05) is 6.54 Å². The van der Waals surface area contributed by atoms with Crippen LogP contribution in [-0.4, -0.2) is 6.54 Å². The van der Waals surface area contributed by atoms with E-state index in [0.29, 0.717) is 0 Å². The van der Waals surface area contributed by atoms with Gasteiger partial charge in [0, 0.05) is 0 Å². The van der Waals surface area contributed by atoms with E-state index in [9.17, 15) is 0 Å². The summed E-state index contributed by atoms with van der Waals surface area (Å²) < 4.78 is 0. The number of allylic oxidation sites excluding steroid dienone is 7. The number of rotatable bonds is 11. The molecule has 0 rings (SSSR count). The van der Waals surface area contributed by atoms with Crippen molar-refractivity contribution in [3.63, 3.8) is 0 Å². The lowest BCUT2D eigenvalue weighted by Crippen LogP contribution is -1.97. The molecule has 2 N–H and O–H groups in total. The van der Waals surface area contributed by atoms with Crippen LogP contribution >= 0.6 is 0 Å². The third kappa shape index (κ3) is 14.9. The molecule has 0 heterocycles. The van der Waals surface area contributed by atoms with Crippen LogP contribution in [0.15, 0.2) is 49.1 Å². The van der Waals surface area contributed by atoms with Crippen LogP contribution in [0.25, 0.3) is 0 Å². The van der Waals surface area contributed by atoms with Gasteiger partial charge in [-0.1, -0.05) is 49.0 Å². The van der Waals surface area contributed by atoms with Gasteiger partial charge in [0.15, 0.2) is 0 Å². The Hall–Kier alpha value is -1.08. The fraction of sp³-hybridized carbons (Fsp3) is 0.500. The maximum Gasteiger partial charge on any atom is -0.00773 e. The van der Waals surface area contributed by atoms with Crippen LogP contribution in [-0.2, 0) is 0 Å². The molecule has 0 aliphatic heterocycles. The molecule has 0 unspecified atom stereocenters. The van der Waals surface area contributed by atoms with Crippen molar-refractivity contribution in [1.82, 2.24) is 0 Å². The molecule has 0 saturated carbocycles. The van der Waals surface area contributed by atoms with E-state index in [2.05, 4.69) is 43.0 Å². The lowest BCUT2D eigenvalue weighted by molar-refractivity contribution is 0.695. The molecule has 96 valence electrons. The molecule has 0 spiro atoms.